The number of anilines is 2. The van der Waals surface area contributed by atoms with Crippen molar-refractivity contribution in [2.45, 2.75) is 20.8 Å². The van der Waals surface area contributed by atoms with Crippen molar-refractivity contribution in [1.29, 1.82) is 0 Å². The van der Waals surface area contributed by atoms with Gasteiger partial charge in [0.2, 0.25) is 11.8 Å². The number of nitrogens with one attached hydrogen (secondary N) is 3. The third-order valence-corrected chi connectivity index (χ3v) is 4.87. The number of carbonyl (C=O) groups is 2. The molecule has 0 spiro atoms. The number of rotatable bonds is 8. The minimum atomic E-state index is -0.324. The molecule has 0 saturated carbocycles. The molecule has 0 aromatic heterocycles. The third kappa shape index (κ3) is 6.14. The van der Waals surface area contributed by atoms with Crippen LogP contribution in [0.2, 0.25) is 5.02 Å². The molecule has 0 aliphatic rings. The van der Waals surface area contributed by atoms with Gasteiger partial charge in [0.25, 0.3) is 0 Å². The van der Waals surface area contributed by atoms with Gasteiger partial charge in [-0.25, -0.2) is 0 Å². The zero-order valence-electron chi connectivity index (χ0n) is 16.0. The molecule has 0 atom stereocenters. The van der Waals surface area contributed by atoms with E-state index >= 15 is 0 Å². The van der Waals surface area contributed by atoms with Crippen LogP contribution in [0.25, 0.3) is 0 Å². The van der Waals surface area contributed by atoms with Crippen LogP contribution in [0, 0.1) is 13.8 Å². The first-order valence-electron chi connectivity index (χ1n) is 8.80. The molecule has 150 valence electrons. The van der Waals surface area contributed by atoms with Gasteiger partial charge in [-0.15, -0.1) is 0 Å². The summed E-state index contributed by atoms with van der Waals surface area (Å²) >= 11 is 9.46. The van der Waals surface area contributed by atoms with E-state index in [0.29, 0.717) is 27.5 Å². The molecule has 0 aliphatic carbocycles. The molecule has 0 heterocycles. The summed E-state index contributed by atoms with van der Waals surface area (Å²) in [5.41, 5.74) is 3.42. The summed E-state index contributed by atoms with van der Waals surface area (Å²) in [4.78, 5) is 24.2. The molecule has 0 radical (unpaired) electrons. The standard InChI is InChI=1S/C20H23BrClN3O3/c1-4-28-20-15(21)8-14(22)9-17(20)23-10-18(26)24-11-19(27)25-16-7-5-6-12(2)13(16)3/h5-9,23H,4,10-11H2,1-3H3,(H,24,26)(H,25,27). The molecule has 0 bridgehead atoms. The normalized spacial score (nSPS) is 10.3. The Morgan fingerprint density at radius 3 is 2.57 bits per heavy atom. The number of hydrogen-bond acceptors (Lipinski definition) is 4. The van der Waals surface area contributed by atoms with Crippen LogP contribution < -0.4 is 20.7 Å². The van der Waals surface area contributed by atoms with Crippen molar-refractivity contribution in [3.63, 3.8) is 0 Å². The topological polar surface area (TPSA) is 79.5 Å². The third-order valence-electron chi connectivity index (χ3n) is 4.06. The zero-order valence-corrected chi connectivity index (χ0v) is 18.3. The van der Waals surface area contributed by atoms with Gasteiger partial charge in [0, 0.05) is 10.7 Å². The first-order chi connectivity index (χ1) is 13.3. The molecule has 8 heteroatoms. The SMILES string of the molecule is CCOc1c(Br)cc(Cl)cc1NCC(=O)NCC(=O)Nc1cccc(C)c1C. The van der Waals surface area contributed by atoms with Crippen molar-refractivity contribution in [1.82, 2.24) is 5.32 Å². The lowest BCUT2D eigenvalue weighted by atomic mass is 10.1. The average Bonchev–Trinajstić information content (AvgIpc) is 2.64. The minimum Gasteiger partial charge on any atom is -0.491 e. The first-order valence-corrected chi connectivity index (χ1v) is 9.97. The van der Waals surface area contributed by atoms with Gasteiger partial charge in [-0.3, -0.25) is 9.59 Å². The van der Waals surface area contributed by atoms with Crippen molar-refractivity contribution < 1.29 is 14.3 Å². The fraction of sp³-hybridized carbons (Fsp3) is 0.300. The lowest BCUT2D eigenvalue weighted by Gasteiger charge is -2.15. The Bertz CT molecular complexity index is 874. The second-order valence-corrected chi connectivity index (χ2v) is 7.41. The quantitative estimate of drug-likeness (QED) is 0.540. The Balaban J connectivity index is 1.88. The van der Waals surface area contributed by atoms with E-state index in [9.17, 15) is 9.59 Å². The molecule has 0 fully saturated rings. The van der Waals surface area contributed by atoms with Gasteiger partial charge in [0.1, 0.15) is 0 Å². The largest absolute Gasteiger partial charge is 0.491 e. The van der Waals surface area contributed by atoms with Crippen LogP contribution in [0.4, 0.5) is 11.4 Å². The summed E-state index contributed by atoms with van der Waals surface area (Å²) in [6.45, 7) is 6.11. The lowest BCUT2D eigenvalue weighted by molar-refractivity contribution is -0.122. The average molecular weight is 469 g/mol. The van der Waals surface area contributed by atoms with Gasteiger partial charge in [0.15, 0.2) is 5.75 Å². The fourth-order valence-corrected chi connectivity index (χ4v) is 3.41. The molecule has 2 aromatic rings. The highest BCUT2D eigenvalue weighted by Crippen LogP contribution is 2.36. The maximum atomic E-state index is 12.1. The Morgan fingerprint density at radius 1 is 1.11 bits per heavy atom. The highest BCUT2D eigenvalue weighted by molar-refractivity contribution is 9.10. The number of amides is 2. The molecule has 0 saturated heterocycles. The first kappa shape index (κ1) is 22.0. The van der Waals surface area contributed by atoms with Crippen molar-refractivity contribution in [3.05, 3.63) is 51.0 Å². The maximum Gasteiger partial charge on any atom is 0.243 e. The van der Waals surface area contributed by atoms with Crippen LogP contribution in [-0.4, -0.2) is 31.5 Å². The lowest BCUT2D eigenvalue weighted by Crippen LogP contribution is -2.36. The molecule has 28 heavy (non-hydrogen) atoms. The van der Waals surface area contributed by atoms with E-state index in [4.69, 9.17) is 16.3 Å². The minimum absolute atomic E-state index is 0.0242. The molecule has 0 aliphatic heterocycles. The van der Waals surface area contributed by atoms with E-state index < -0.39 is 0 Å². The van der Waals surface area contributed by atoms with Gasteiger partial charge in [-0.2, -0.15) is 0 Å². The molecule has 2 amide bonds. The van der Waals surface area contributed by atoms with Crippen LogP contribution >= 0.6 is 27.5 Å². The van der Waals surface area contributed by atoms with E-state index in [1.54, 1.807) is 12.1 Å². The van der Waals surface area contributed by atoms with E-state index in [0.717, 1.165) is 16.8 Å². The Labute approximate surface area is 178 Å². The molecule has 6 nitrogen and oxygen atoms in total. The van der Waals surface area contributed by atoms with Crippen LogP contribution in [0.1, 0.15) is 18.1 Å². The number of benzene rings is 2. The summed E-state index contributed by atoms with van der Waals surface area (Å²) < 4.78 is 6.27. The van der Waals surface area contributed by atoms with Crippen molar-refractivity contribution in [2.75, 3.05) is 30.3 Å². The summed E-state index contributed by atoms with van der Waals surface area (Å²) in [6.07, 6.45) is 0. The Hall–Kier alpha value is -2.25. The van der Waals surface area contributed by atoms with Gasteiger partial charge >= 0.3 is 0 Å². The van der Waals surface area contributed by atoms with Crippen molar-refractivity contribution in [3.8, 4) is 5.75 Å². The Morgan fingerprint density at radius 2 is 1.86 bits per heavy atom. The second kappa shape index (κ2) is 10.3. The maximum absolute atomic E-state index is 12.1. The number of hydrogen-bond donors (Lipinski definition) is 3. The monoisotopic (exact) mass is 467 g/mol. The van der Waals surface area contributed by atoms with Crippen molar-refractivity contribution in [2.24, 2.45) is 0 Å². The highest BCUT2D eigenvalue weighted by atomic mass is 79.9. The van der Waals surface area contributed by atoms with Crippen molar-refractivity contribution >= 4 is 50.7 Å². The smallest absolute Gasteiger partial charge is 0.243 e. The number of ether oxygens (including phenoxy) is 1. The molecule has 2 aromatic carbocycles. The molecule has 2 rings (SSSR count). The number of carbonyl (C=O) groups excluding carboxylic acids is 2. The van der Waals surface area contributed by atoms with Crippen LogP contribution in [-0.2, 0) is 9.59 Å². The summed E-state index contributed by atoms with van der Waals surface area (Å²) in [7, 11) is 0. The van der Waals surface area contributed by atoms with Crippen LogP contribution in [0.3, 0.4) is 0 Å². The summed E-state index contributed by atoms with van der Waals surface area (Å²) in [5, 5.41) is 8.88. The van der Waals surface area contributed by atoms with Crippen LogP contribution in [0.5, 0.6) is 5.75 Å². The number of halogens is 2. The van der Waals surface area contributed by atoms with Gasteiger partial charge in [-0.05, 0) is 66.0 Å². The van der Waals surface area contributed by atoms with E-state index in [1.807, 2.05) is 39.0 Å². The summed E-state index contributed by atoms with van der Waals surface area (Å²) in [6, 6.07) is 9.08. The van der Waals surface area contributed by atoms with E-state index in [-0.39, 0.29) is 24.9 Å². The fourth-order valence-electron chi connectivity index (χ4n) is 2.48. The van der Waals surface area contributed by atoms with Crippen LogP contribution in [0.15, 0.2) is 34.8 Å². The molecular weight excluding hydrogens is 446 g/mol. The Kier molecular flexibility index (Phi) is 8.14. The number of aryl methyl sites for hydroxylation is 1. The highest BCUT2D eigenvalue weighted by Gasteiger charge is 2.12. The second-order valence-electron chi connectivity index (χ2n) is 6.12. The van der Waals surface area contributed by atoms with Gasteiger partial charge in [-0.1, -0.05) is 23.7 Å². The van der Waals surface area contributed by atoms with Gasteiger partial charge < -0.3 is 20.7 Å². The van der Waals surface area contributed by atoms with E-state index in [1.165, 1.54) is 0 Å². The molecule has 3 N–H and O–H groups in total. The molecular formula is C20H23BrClN3O3. The predicted molar refractivity (Wildman–Crippen MR) is 116 cm³/mol. The van der Waals surface area contributed by atoms with Gasteiger partial charge in [0.05, 0.1) is 29.9 Å². The summed E-state index contributed by atoms with van der Waals surface area (Å²) in [5.74, 6) is -0.0374. The molecule has 0 unspecified atom stereocenters. The zero-order chi connectivity index (χ0) is 20.7. The predicted octanol–water partition coefficient (Wildman–Crippen LogP) is 4.28. The van der Waals surface area contributed by atoms with E-state index in [2.05, 4.69) is 31.9 Å².